The summed E-state index contributed by atoms with van der Waals surface area (Å²) < 4.78 is 5.11. The molecule has 144 valence electrons. The molecule has 0 bridgehead atoms. The molecule has 0 unspecified atom stereocenters. The minimum atomic E-state index is -0.397. The number of piperidine rings is 1. The second-order valence-corrected chi connectivity index (χ2v) is 7.88. The van der Waals surface area contributed by atoms with Gasteiger partial charge in [-0.2, -0.15) is 0 Å². The normalized spacial score (nSPS) is 23.2. The number of carbonyl (C=O) groups is 2. The molecule has 2 amide bonds. The first-order valence-electron chi connectivity index (χ1n) is 9.18. The highest BCUT2D eigenvalue weighted by Gasteiger charge is 2.49. The summed E-state index contributed by atoms with van der Waals surface area (Å²) in [6.07, 6.45) is 3.40. The van der Waals surface area contributed by atoms with Crippen LogP contribution in [0.15, 0.2) is 5.16 Å². The highest BCUT2D eigenvalue weighted by atomic mass is 32.2. The summed E-state index contributed by atoms with van der Waals surface area (Å²) >= 11 is 1.34. The molecule has 2 aliphatic rings. The molecule has 9 heteroatoms. The topological polar surface area (TPSA) is 91.4 Å². The molecular formula is C17H27N5O3S. The maximum atomic E-state index is 12.9. The van der Waals surface area contributed by atoms with Crippen molar-refractivity contribution < 1.29 is 14.3 Å². The number of hydrogen-bond donors (Lipinski definition) is 1. The molecule has 3 heterocycles. The van der Waals surface area contributed by atoms with Gasteiger partial charge in [0.15, 0.2) is 0 Å². The van der Waals surface area contributed by atoms with E-state index in [1.54, 1.807) is 7.11 Å². The zero-order valence-electron chi connectivity index (χ0n) is 15.5. The molecule has 0 aliphatic carbocycles. The van der Waals surface area contributed by atoms with Crippen molar-refractivity contribution in [1.82, 2.24) is 25.0 Å². The molecule has 1 atom stereocenters. The van der Waals surface area contributed by atoms with E-state index in [0.29, 0.717) is 37.2 Å². The van der Waals surface area contributed by atoms with Gasteiger partial charge in [0, 0.05) is 39.7 Å². The van der Waals surface area contributed by atoms with Crippen LogP contribution in [0.3, 0.4) is 0 Å². The molecule has 1 aromatic rings. The van der Waals surface area contributed by atoms with E-state index in [9.17, 15) is 9.59 Å². The summed E-state index contributed by atoms with van der Waals surface area (Å²) in [6, 6.07) is 0. The van der Waals surface area contributed by atoms with Gasteiger partial charge in [-0.05, 0) is 19.3 Å². The Bertz CT molecular complexity index is 652. The minimum absolute atomic E-state index is 0.0524. The van der Waals surface area contributed by atoms with E-state index < -0.39 is 5.41 Å². The third-order valence-electron chi connectivity index (χ3n) is 5.27. The second kappa shape index (κ2) is 8.39. The second-order valence-electron chi connectivity index (χ2n) is 6.94. The Morgan fingerprint density at radius 1 is 1.38 bits per heavy atom. The fourth-order valence-corrected chi connectivity index (χ4v) is 4.47. The summed E-state index contributed by atoms with van der Waals surface area (Å²) in [4.78, 5) is 33.6. The summed E-state index contributed by atoms with van der Waals surface area (Å²) in [5, 5.41) is 7.56. The number of aromatic nitrogens is 3. The van der Waals surface area contributed by atoms with Crippen LogP contribution < -0.4 is 0 Å². The van der Waals surface area contributed by atoms with E-state index in [-0.39, 0.29) is 11.8 Å². The number of carbonyl (C=O) groups excluding carboxylic acids is 2. The van der Waals surface area contributed by atoms with Crippen LogP contribution in [0.25, 0.3) is 0 Å². The maximum Gasteiger partial charge on any atom is 0.233 e. The molecule has 1 N–H and O–H groups in total. The smallest absolute Gasteiger partial charge is 0.233 e. The molecule has 0 aromatic carbocycles. The number of rotatable bonds is 7. The number of aryl methyl sites for hydroxylation is 1. The minimum Gasteiger partial charge on any atom is -0.383 e. The molecule has 0 radical (unpaired) electrons. The number of nitrogens with one attached hydrogen (secondary N) is 1. The van der Waals surface area contributed by atoms with E-state index >= 15 is 0 Å². The van der Waals surface area contributed by atoms with Gasteiger partial charge in [-0.3, -0.25) is 14.7 Å². The van der Waals surface area contributed by atoms with Crippen LogP contribution in [-0.2, 0) is 20.7 Å². The Hall–Kier alpha value is -1.61. The molecule has 26 heavy (non-hydrogen) atoms. The number of H-pyrrole nitrogens is 1. The third-order valence-corrected chi connectivity index (χ3v) is 6.10. The van der Waals surface area contributed by atoms with Crippen LogP contribution in [-0.4, -0.2) is 82.4 Å². The van der Waals surface area contributed by atoms with E-state index in [2.05, 4.69) is 15.2 Å². The monoisotopic (exact) mass is 381 g/mol. The molecule has 2 aliphatic heterocycles. The molecule has 3 rings (SSSR count). The average Bonchev–Trinajstić information content (AvgIpc) is 3.29. The first-order chi connectivity index (χ1) is 12.6. The predicted octanol–water partition coefficient (Wildman–Crippen LogP) is 0.947. The Kier molecular flexibility index (Phi) is 6.18. The summed E-state index contributed by atoms with van der Waals surface area (Å²) in [6.45, 7) is 5.16. The molecule has 8 nitrogen and oxygen atoms in total. The van der Waals surface area contributed by atoms with Crippen molar-refractivity contribution in [3.8, 4) is 0 Å². The number of aromatic amines is 1. The SMILES string of the molecule is CCc1nc(SCC(=O)N2CC[C@@]3(CCCN(CCOC)C3=O)C2)n[nH]1. The molecule has 1 aromatic heterocycles. The van der Waals surface area contributed by atoms with Gasteiger partial charge in [0.25, 0.3) is 0 Å². The summed E-state index contributed by atoms with van der Waals surface area (Å²) in [5.41, 5.74) is -0.397. The zero-order chi connectivity index (χ0) is 18.6. The maximum absolute atomic E-state index is 12.9. The van der Waals surface area contributed by atoms with Gasteiger partial charge < -0.3 is 14.5 Å². The Balaban J connectivity index is 1.54. The molecule has 1 spiro atoms. The average molecular weight is 382 g/mol. The lowest BCUT2D eigenvalue weighted by Gasteiger charge is -2.39. The lowest BCUT2D eigenvalue weighted by molar-refractivity contribution is -0.146. The van der Waals surface area contributed by atoms with E-state index in [0.717, 1.165) is 38.1 Å². The van der Waals surface area contributed by atoms with Crippen molar-refractivity contribution in [2.24, 2.45) is 5.41 Å². The molecule has 0 saturated carbocycles. The highest BCUT2D eigenvalue weighted by Crippen LogP contribution is 2.40. The summed E-state index contributed by atoms with van der Waals surface area (Å²) in [5.74, 6) is 1.37. The van der Waals surface area contributed by atoms with Crippen molar-refractivity contribution in [2.75, 3.05) is 45.6 Å². The largest absolute Gasteiger partial charge is 0.383 e. The van der Waals surface area contributed by atoms with Gasteiger partial charge in [-0.25, -0.2) is 4.98 Å². The Labute approximate surface area is 158 Å². The van der Waals surface area contributed by atoms with Gasteiger partial charge in [0.05, 0.1) is 17.8 Å². The van der Waals surface area contributed by atoms with Gasteiger partial charge in [0.1, 0.15) is 5.82 Å². The first-order valence-corrected chi connectivity index (χ1v) is 10.2. The van der Waals surface area contributed by atoms with Gasteiger partial charge in [0.2, 0.25) is 17.0 Å². The lowest BCUT2D eigenvalue weighted by atomic mass is 9.78. The zero-order valence-corrected chi connectivity index (χ0v) is 16.3. The summed E-state index contributed by atoms with van der Waals surface area (Å²) in [7, 11) is 1.65. The number of ether oxygens (including phenoxy) is 1. The highest BCUT2D eigenvalue weighted by molar-refractivity contribution is 7.99. The number of nitrogens with zero attached hydrogens (tertiary/aromatic N) is 4. The number of amides is 2. The molecule has 2 saturated heterocycles. The van der Waals surface area contributed by atoms with Crippen molar-refractivity contribution in [2.45, 2.75) is 37.8 Å². The number of thioether (sulfide) groups is 1. The van der Waals surface area contributed by atoms with Crippen LogP contribution in [0.5, 0.6) is 0 Å². The first kappa shape index (κ1) is 19.2. The van der Waals surface area contributed by atoms with Crippen LogP contribution >= 0.6 is 11.8 Å². The van der Waals surface area contributed by atoms with E-state index in [1.165, 1.54) is 11.8 Å². The number of methoxy groups -OCH3 is 1. The Morgan fingerprint density at radius 3 is 2.96 bits per heavy atom. The lowest BCUT2D eigenvalue weighted by Crippen LogP contribution is -2.51. The van der Waals surface area contributed by atoms with Crippen molar-refractivity contribution in [1.29, 1.82) is 0 Å². The van der Waals surface area contributed by atoms with Gasteiger partial charge in [-0.1, -0.05) is 18.7 Å². The number of hydrogen-bond acceptors (Lipinski definition) is 6. The van der Waals surface area contributed by atoms with Gasteiger partial charge in [-0.15, -0.1) is 5.10 Å². The van der Waals surface area contributed by atoms with E-state index in [4.69, 9.17) is 4.74 Å². The Morgan fingerprint density at radius 2 is 2.23 bits per heavy atom. The molecule has 2 fully saturated rings. The standard InChI is InChI=1S/C17H27N5O3S/c1-3-13-18-16(20-19-13)26-11-14(23)22-8-6-17(12-22)5-4-7-21(15(17)24)9-10-25-2/h3-12H2,1-2H3,(H,18,19,20)/t17-/m0/s1. The van der Waals surface area contributed by atoms with Crippen molar-refractivity contribution in [3.63, 3.8) is 0 Å². The van der Waals surface area contributed by atoms with Gasteiger partial charge >= 0.3 is 0 Å². The predicted molar refractivity (Wildman–Crippen MR) is 97.8 cm³/mol. The molecular weight excluding hydrogens is 354 g/mol. The fourth-order valence-electron chi connectivity index (χ4n) is 3.75. The van der Waals surface area contributed by atoms with Crippen LogP contribution in [0.1, 0.15) is 32.0 Å². The van der Waals surface area contributed by atoms with Crippen LogP contribution in [0, 0.1) is 5.41 Å². The van der Waals surface area contributed by atoms with E-state index in [1.807, 2.05) is 16.7 Å². The quantitative estimate of drug-likeness (QED) is 0.707. The van der Waals surface area contributed by atoms with Crippen molar-refractivity contribution >= 4 is 23.6 Å². The van der Waals surface area contributed by atoms with Crippen molar-refractivity contribution in [3.05, 3.63) is 5.82 Å². The van der Waals surface area contributed by atoms with Crippen LogP contribution in [0.4, 0.5) is 0 Å². The third kappa shape index (κ3) is 4.03. The number of likely N-dealkylation sites (tertiary alicyclic amines) is 2. The van der Waals surface area contributed by atoms with Crippen LogP contribution in [0.2, 0.25) is 0 Å². The fraction of sp³-hybridized carbons (Fsp3) is 0.765.